The molecule has 1 saturated heterocycles. The number of ether oxygens (including phenoxy) is 1. The topological polar surface area (TPSA) is 50.9 Å². The molecule has 1 aromatic carbocycles. The van der Waals surface area contributed by atoms with E-state index in [1.807, 2.05) is 30.0 Å². The Morgan fingerprint density at radius 1 is 1.47 bits per heavy atom. The number of nitrogens with zero attached hydrogens (tertiary/aromatic N) is 2. The number of nitrogens with two attached hydrogens (primary N) is 1. The van der Waals surface area contributed by atoms with Gasteiger partial charge < -0.3 is 15.4 Å². The van der Waals surface area contributed by atoms with E-state index in [-0.39, 0.29) is 0 Å². The van der Waals surface area contributed by atoms with E-state index in [9.17, 15) is 0 Å². The number of thioether (sulfide) groups is 1. The first-order valence-corrected chi connectivity index (χ1v) is 8.10. The Kier molecular flexibility index (Phi) is 5.39. The second-order valence-electron chi connectivity index (χ2n) is 4.23. The lowest BCUT2D eigenvalue weighted by molar-refractivity contribution is 0.414. The van der Waals surface area contributed by atoms with Crippen molar-refractivity contribution in [2.24, 2.45) is 10.7 Å². The van der Waals surface area contributed by atoms with Crippen LogP contribution in [-0.4, -0.2) is 42.6 Å². The standard InChI is InChI=1S/C13H18BrN3OS/c1-18-11-2-3-12(14)10(8-11)9-16-13(15)17-4-6-19-7-5-17/h2-3,8H,4-7,9H2,1H3,(H2,15,16). The third-order valence-corrected chi connectivity index (χ3v) is 4.72. The summed E-state index contributed by atoms with van der Waals surface area (Å²) in [5.41, 5.74) is 7.11. The van der Waals surface area contributed by atoms with Crippen molar-refractivity contribution in [2.75, 3.05) is 31.7 Å². The molecule has 0 amide bonds. The van der Waals surface area contributed by atoms with Crippen LogP contribution in [-0.2, 0) is 6.54 Å². The second-order valence-corrected chi connectivity index (χ2v) is 6.31. The van der Waals surface area contributed by atoms with Gasteiger partial charge in [-0.05, 0) is 23.8 Å². The number of aliphatic imine (C=N–C) groups is 1. The summed E-state index contributed by atoms with van der Waals surface area (Å²) in [6.45, 7) is 2.53. The summed E-state index contributed by atoms with van der Waals surface area (Å²) >= 11 is 5.48. The molecule has 1 aromatic rings. The zero-order valence-electron chi connectivity index (χ0n) is 10.9. The fraction of sp³-hybridized carbons (Fsp3) is 0.462. The lowest BCUT2D eigenvalue weighted by Gasteiger charge is -2.27. The molecule has 2 N–H and O–H groups in total. The van der Waals surface area contributed by atoms with E-state index < -0.39 is 0 Å². The molecule has 1 heterocycles. The van der Waals surface area contributed by atoms with Gasteiger partial charge in [0, 0.05) is 29.1 Å². The van der Waals surface area contributed by atoms with Crippen LogP contribution in [0.3, 0.4) is 0 Å². The van der Waals surface area contributed by atoms with Gasteiger partial charge in [-0.1, -0.05) is 15.9 Å². The number of methoxy groups -OCH3 is 1. The zero-order valence-corrected chi connectivity index (χ0v) is 13.3. The summed E-state index contributed by atoms with van der Waals surface area (Å²) in [4.78, 5) is 6.62. The maximum absolute atomic E-state index is 6.04. The number of guanidine groups is 1. The Labute approximate surface area is 126 Å². The highest BCUT2D eigenvalue weighted by atomic mass is 79.9. The van der Waals surface area contributed by atoms with Crippen LogP contribution in [0.5, 0.6) is 5.75 Å². The lowest BCUT2D eigenvalue weighted by Crippen LogP contribution is -2.42. The first kappa shape index (κ1) is 14.5. The number of hydrogen-bond donors (Lipinski definition) is 1. The normalized spacial score (nSPS) is 16.5. The van der Waals surface area contributed by atoms with Crippen molar-refractivity contribution in [3.05, 3.63) is 28.2 Å². The van der Waals surface area contributed by atoms with Gasteiger partial charge in [0.15, 0.2) is 5.96 Å². The van der Waals surface area contributed by atoms with Gasteiger partial charge in [0.05, 0.1) is 13.7 Å². The van der Waals surface area contributed by atoms with Crippen LogP contribution in [0, 0.1) is 0 Å². The Morgan fingerprint density at radius 3 is 2.89 bits per heavy atom. The average molecular weight is 344 g/mol. The number of halogens is 1. The summed E-state index contributed by atoms with van der Waals surface area (Å²) in [6.07, 6.45) is 0. The second kappa shape index (κ2) is 7.05. The molecule has 0 bridgehead atoms. The molecule has 0 unspecified atom stereocenters. The van der Waals surface area contributed by atoms with Gasteiger partial charge in [0.1, 0.15) is 5.75 Å². The lowest BCUT2D eigenvalue weighted by atomic mass is 10.2. The summed E-state index contributed by atoms with van der Waals surface area (Å²) in [5.74, 6) is 3.72. The quantitative estimate of drug-likeness (QED) is 0.675. The van der Waals surface area contributed by atoms with Crippen molar-refractivity contribution in [1.82, 2.24) is 4.90 Å². The van der Waals surface area contributed by atoms with Crippen molar-refractivity contribution < 1.29 is 4.74 Å². The molecule has 0 atom stereocenters. The molecule has 0 spiro atoms. The van der Waals surface area contributed by atoms with E-state index in [0.29, 0.717) is 12.5 Å². The first-order valence-electron chi connectivity index (χ1n) is 6.15. The number of benzene rings is 1. The fourth-order valence-electron chi connectivity index (χ4n) is 1.86. The third kappa shape index (κ3) is 4.04. The highest BCUT2D eigenvalue weighted by Gasteiger charge is 2.12. The van der Waals surface area contributed by atoms with Crippen LogP contribution in [0.15, 0.2) is 27.7 Å². The van der Waals surface area contributed by atoms with Gasteiger partial charge in [0.25, 0.3) is 0 Å². The van der Waals surface area contributed by atoms with Crippen LogP contribution >= 0.6 is 27.7 Å². The molecule has 0 saturated carbocycles. The molecule has 19 heavy (non-hydrogen) atoms. The molecule has 104 valence electrons. The van der Waals surface area contributed by atoms with Gasteiger partial charge in [-0.25, -0.2) is 4.99 Å². The van der Waals surface area contributed by atoms with Crippen molar-refractivity contribution in [3.8, 4) is 5.75 Å². The minimum atomic E-state index is 0.563. The van der Waals surface area contributed by atoms with E-state index >= 15 is 0 Å². The molecule has 4 nitrogen and oxygen atoms in total. The van der Waals surface area contributed by atoms with Crippen LogP contribution in [0.4, 0.5) is 0 Å². The number of hydrogen-bond acceptors (Lipinski definition) is 3. The summed E-state index contributed by atoms with van der Waals surface area (Å²) in [7, 11) is 1.66. The SMILES string of the molecule is COc1ccc(Br)c(CN=C(N)N2CCSCC2)c1. The van der Waals surface area contributed by atoms with E-state index in [2.05, 4.69) is 25.8 Å². The predicted octanol–water partition coefficient (Wildman–Crippen LogP) is 2.32. The Morgan fingerprint density at radius 2 is 2.21 bits per heavy atom. The monoisotopic (exact) mass is 343 g/mol. The van der Waals surface area contributed by atoms with Gasteiger partial charge in [-0.3, -0.25) is 0 Å². The van der Waals surface area contributed by atoms with E-state index in [1.165, 1.54) is 0 Å². The summed E-state index contributed by atoms with van der Waals surface area (Å²) in [6, 6.07) is 5.87. The molecule has 0 aromatic heterocycles. The third-order valence-electron chi connectivity index (χ3n) is 3.00. The summed E-state index contributed by atoms with van der Waals surface area (Å²) < 4.78 is 6.25. The molecule has 1 aliphatic rings. The molecule has 1 fully saturated rings. The zero-order chi connectivity index (χ0) is 13.7. The van der Waals surface area contributed by atoms with Gasteiger partial charge in [0.2, 0.25) is 0 Å². The highest BCUT2D eigenvalue weighted by Crippen LogP contribution is 2.23. The van der Waals surface area contributed by atoms with Crippen molar-refractivity contribution >= 4 is 33.7 Å². The average Bonchev–Trinajstić information content (AvgIpc) is 2.47. The molecule has 0 aliphatic carbocycles. The minimum Gasteiger partial charge on any atom is -0.497 e. The van der Waals surface area contributed by atoms with E-state index in [4.69, 9.17) is 10.5 Å². The van der Waals surface area contributed by atoms with Crippen molar-refractivity contribution in [1.29, 1.82) is 0 Å². The molecule has 0 radical (unpaired) electrons. The van der Waals surface area contributed by atoms with E-state index in [1.54, 1.807) is 7.11 Å². The van der Waals surface area contributed by atoms with Gasteiger partial charge in [-0.15, -0.1) is 0 Å². The van der Waals surface area contributed by atoms with Gasteiger partial charge >= 0.3 is 0 Å². The molecule has 1 aliphatic heterocycles. The largest absolute Gasteiger partial charge is 0.497 e. The number of rotatable bonds is 3. The van der Waals surface area contributed by atoms with E-state index in [0.717, 1.165) is 40.4 Å². The summed E-state index contributed by atoms with van der Waals surface area (Å²) in [5, 5.41) is 0. The van der Waals surface area contributed by atoms with Crippen molar-refractivity contribution in [3.63, 3.8) is 0 Å². The smallest absolute Gasteiger partial charge is 0.191 e. The first-order chi connectivity index (χ1) is 9.20. The molecule has 6 heteroatoms. The van der Waals surface area contributed by atoms with Crippen LogP contribution in [0.2, 0.25) is 0 Å². The minimum absolute atomic E-state index is 0.563. The van der Waals surface area contributed by atoms with Gasteiger partial charge in [-0.2, -0.15) is 11.8 Å². The fourth-order valence-corrected chi connectivity index (χ4v) is 3.13. The Hall–Kier alpha value is -0.880. The van der Waals surface area contributed by atoms with Crippen LogP contribution < -0.4 is 10.5 Å². The maximum Gasteiger partial charge on any atom is 0.191 e. The van der Waals surface area contributed by atoms with Crippen molar-refractivity contribution in [2.45, 2.75) is 6.54 Å². The maximum atomic E-state index is 6.04. The van der Waals surface area contributed by atoms with Crippen LogP contribution in [0.1, 0.15) is 5.56 Å². The molecule has 2 rings (SSSR count). The van der Waals surface area contributed by atoms with Crippen LogP contribution in [0.25, 0.3) is 0 Å². The highest BCUT2D eigenvalue weighted by molar-refractivity contribution is 9.10. The molecular weight excluding hydrogens is 326 g/mol. The Bertz CT molecular complexity index is 461. The Balaban J connectivity index is 2.03. The molecular formula is C13H18BrN3OS. The predicted molar refractivity (Wildman–Crippen MR) is 84.9 cm³/mol.